The average molecular weight is 364 g/mol. The summed E-state index contributed by atoms with van der Waals surface area (Å²) >= 11 is 0.891. The molecule has 2 aliphatic rings. The van der Waals surface area contributed by atoms with E-state index in [-0.39, 0.29) is 22.8 Å². The number of nitrogens with zero attached hydrogens (tertiary/aromatic N) is 3. The number of amides is 2. The van der Waals surface area contributed by atoms with Gasteiger partial charge in [0.1, 0.15) is 0 Å². The van der Waals surface area contributed by atoms with Crippen molar-refractivity contribution in [2.75, 3.05) is 4.72 Å². The normalized spacial score (nSPS) is 17.2. The molecule has 1 aromatic carbocycles. The third kappa shape index (κ3) is 2.57. The number of rotatable bonds is 5. The molecular weight excluding hydrogens is 352 g/mol. The highest BCUT2D eigenvalue weighted by molar-refractivity contribution is 7.93. The molecular formula is C14H12N4O4S2. The van der Waals surface area contributed by atoms with E-state index in [0.29, 0.717) is 24.0 Å². The Balaban J connectivity index is 1.51. The van der Waals surface area contributed by atoms with Gasteiger partial charge in [0.25, 0.3) is 11.8 Å². The highest BCUT2D eigenvalue weighted by atomic mass is 32.2. The summed E-state index contributed by atoms with van der Waals surface area (Å²) in [6, 6.07) is 6.58. The topological polar surface area (TPSA) is 109 Å². The van der Waals surface area contributed by atoms with Crippen molar-refractivity contribution in [1.82, 2.24) is 14.3 Å². The van der Waals surface area contributed by atoms with Gasteiger partial charge in [0.05, 0.1) is 22.9 Å². The Morgan fingerprint density at radius 2 is 1.79 bits per heavy atom. The van der Waals surface area contributed by atoms with Crippen LogP contribution in [0.3, 0.4) is 0 Å². The van der Waals surface area contributed by atoms with Crippen LogP contribution in [0.15, 0.2) is 24.3 Å². The molecule has 0 atom stereocenters. The second kappa shape index (κ2) is 5.35. The van der Waals surface area contributed by atoms with Crippen molar-refractivity contribution in [2.24, 2.45) is 0 Å². The van der Waals surface area contributed by atoms with Gasteiger partial charge in [-0.2, -0.15) is 4.37 Å². The van der Waals surface area contributed by atoms with E-state index in [0.717, 1.165) is 16.4 Å². The number of hydrogen-bond donors (Lipinski definition) is 1. The molecule has 10 heteroatoms. The minimum absolute atomic E-state index is 0.0893. The SMILES string of the molecule is O=C1c2ccccc2C(=O)N1Cc1nsc(NS(=O)(=O)C2CC2)n1. The van der Waals surface area contributed by atoms with Crippen molar-refractivity contribution in [3.63, 3.8) is 0 Å². The molecule has 0 bridgehead atoms. The van der Waals surface area contributed by atoms with Crippen LogP contribution in [0, 0.1) is 0 Å². The summed E-state index contributed by atoms with van der Waals surface area (Å²) in [4.78, 5) is 29.7. The quantitative estimate of drug-likeness (QED) is 0.800. The maximum absolute atomic E-state index is 12.3. The van der Waals surface area contributed by atoms with E-state index in [1.807, 2.05) is 0 Å². The molecule has 1 fully saturated rings. The smallest absolute Gasteiger partial charge is 0.261 e. The molecule has 8 nitrogen and oxygen atoms in total. The summed E-state index contributed by atoms with van der Waals surface area (Å²) in [7, 11) is -3.41. The molecule has 0 saturated heterocycles. The van der Waals surface area contributed by atoms with Crippen LogP contribution in [0.25, 0.3) is 0 Å². The van der Waals surface area contributed by atoms with E-state index in [4.69, 9.17) is 0 Å². The van der Waals surface area contributed by atoms with Gasteiger partial charge in [-0.05, 0) is 25.0 Å². The van der Waals surface area contributed by atoms with Gasteiger partial charge < -0.3 is 0 Å². The first-order valence-electron chi connectivity index (χ1n) is 7.25. The lowest BCUT2D eigenvalue weighted by Crippen LogP contribution is -2.29. The molecule has 1 aliphatic heterocycles. The number of hydrogen-bond acceptors (Lipinski definition) is 7. The summed E-state index contributed by atoms with van der Waals surface area (Å²) in [5.74, 6) is -0.570. The van der Waals surface area contributed by atoms with Crippen LogP contribution < -0.4 is 4.72 Å². The van der Waals surface area contributed by atoms with E-state index in [2.05, 4.69) is 14.1 Å². The Kier molecular flexibility index (Phi) is 3.39. The summed E-state index contributed by atoms with van der Waals surface area (Å²) in [6.07, 6.45) is 1.30. The number of carbonyl (C=O) groups is 2. The number of aromatic nitrogens is 2. The standard InChI is InChI=1S/C14H12N4O4S2/c19-12-9-3-1-2-4-10(9)13(20)18(12)7-11-15-14(23-16-11)17-24(21,22)8-5-6-8/h1-4,8H,5-7H2,(H,15,16,17). The van der Waals surface area contributed by atoms with Crippen LogP contribution in [-0.2, 0) is 16.6 Å². The van der Waals surface area contributed by atoms with Crippen molar-refractivity contribution in [3.8, 4) is 0 Å². The molecule has 1 aromatic heterocycles. The molecule has 4 rings (SSSR count). The molecule has 1 saturated carbocycles. The molecule has 1 N–H and O–H groups in total. The number of benzene rings is 1. The lowest BCUT2D eigenvalue weighted by Gasteiger charge is -2.10. The van der Waals surface area contributed by atoms with E-state index in [1.54, 1.807) is 24.3 Å². The van der Waals surface area contributed by atoms with Crippen molar-refractivity contribution >= 4 is 38.5 Å². The number of nitrogens with one attached hydrogen (secondary N) is 1. The first kappa shape index (κ1) is 15.2. The third-order valence-electron chi connectivity index (χ3n) is 3.84. The molecule has 2 amide bonds. The molecule has 124 valence electrons. The number of sulfonamides is 1. The van der Waals surface area contributed by atoms with Gasteiger partial charge in [0.2, 0.25) is 15.2 Å². The summed E-state index contributed by atoms with van der Waals surface area (Å²) in [5, 5.41) is -0.213. The summed E-state index contributed by atoms with van der Waals surface area (Å²) in [5.41, 5.74) is 0.708. The fourth-order valence-electron chi connectivity index (χ4n) is 2.47. The number of anilines is 1. The van der Waals surface area contributed by atoms with Crippen molar-refractivity contribution in [3.05, 3.63) is 41.2 Å². The zero-order valence-corrected chi connectivity index (χ0v) is 13.9. The lowest BCUT2D eigenvalue weighted by atomic mass is 10.1. The van der Waals surface area contributed by atoms with Crippen LogP contribution in [-0.4, -0.2) is 39.7 Å². The fraction of sp³-hybridized carbons (Fsp3) is 0.286. The maximum Gasteiger partial charge on any atom is 0.261 e. The van der Waals surface area contributed by atoms with Gasteiger partial charge in [0.15, 0.2) is 5.82 Å². The molecule has 1 aliphatic carbocycles. The number of fused-ring (bicyclic) bond motifs is 1. The highest BCUT2D eigenvalue weighted by Gasteiger charge is 2.37. The Labute approximate surface area is 141 Å². The molecule has 24 heavy (non-hydrogen) atoms. The zero-order chi connectivity index (χ0) is 16.9. The maximum atomic E-state index is 12.3. The third-order valence-corrected chi connectivity index (χ3v) is 6.46. The van der Waals surface area contributed by atoms with E-state index < -0.39 is 21.8 Å². The van der Waals surface area contributed by atoms with Crippen LogP contribution in [0.5, 0.6) is 0 Å². The van der Waals surface area contributed by atoms with Crippen LogP contribution in [0.4, 0.5) is 5.13 Å². The van der Waals surface area contributed by atoms with Crippen molar-refractivity contribution in [1.29, 1.82) is 0 Å². The van der Waals surface area contributed by atoms with E-state index in [9.17, 15) is 18.0 Å². The second-order valence-electron chi connectivity index (χ2n) is 5.60. The Bertz CT molecular complexity index is 914. The fourth-order valence-corrected chi connectivity index (χ4v) is 4.61. The molecule has 0 radical (unpaired) electrons. The predicted octanol–water partition coefficient (Wildman–Crippen LogP) is 1.24. The van der Waals surface area contributed by atoms with Crippen molar-refractivity contribution < 1.29 is 18.0 Å². The summed E-state index contributed by atoms with van der Waals surface area (Å²) < 4.78 is 30.2. The minimum Gasteiger partial charge on any atom is -0.269 e. The monoisotopic (exact) mass is 364 g/mol. The molecule has 2 heterocycles. The van der Waals surface area contributed by atoms with Gasteiger partial charge in [-0.25, -0.2) is 13.4 Å². The lowest BCUT2D eigenvalue weighted by molar-refractivity contribution is 0.0638. The summed E-state index contributed by atoms with van der Waals surface area (Å²) in [6.45, 7) is -0.0893. The van der Waals surface area contributed by atoms with Gasteiger partial charge >= 0.3 is 0 Å². The zero-order valence-electron chi connectivity index (χ0n) is 12.3. The van der Waals surface area contributed by atoms with Gasteiger partial charge in [-0.3, -0.25) is 19.2 Å². The largest absolute Gasteiger partial charge is 0.269 e. The highest BCUT2D eigenvalue weighted by Crippen LogP contribution is 2.30. The predicted molar refractivity (Wildman–Crippen MR) is 86.1 cm³/mol. The minimum atomic E-state index is -3.41. The Morgan fingerprint density at radius 3 is 2.38 bits per heavy atom. The Hall–Kier alpha value is -2.33. The van der Waals surface area contributed by atoms with Crippen LogP contribution >= 0.6 is 11.5 Å². The van der Waals surface area contributed by atoms with Crippen LogP contribution in [0.1, 0.15) is 39.4 Å². The first-order valence-corrected chi connectivity index (χ1v) is 9.57. The van der Waals surface area contributed by atoms with E-state index >= 15 is 0 Å². The van der Waals surface area contributed by atoms with Gasteiger partial charge in [-0.1, -0.05) is 12.1 Å². The van der Waals surface area contributed by atoms with E-state index in [1.165, 1.54) is 0 Å². The van der Waals surface area contributed by atoms with Crippen molar-refractivity contribution in [2.45, 2.75) is 24.6 Å². The van der Waals surface area contributed by atoms with Gasteiger partial charge in [-0.15, -0.1) is 0 Å². The molecule has 0 unspecified atom stereocenters. The molecule has 2 aromatic rings. The van der Waals surface area contributed by atoms with Crippen LogP contribution in [0.2, 0.25) is 0 Å². The number of imide groups is 1. The second-order valence-corrected chi connectivity index (χ2v) is 8.32. The van der Waals surface area contributed by atoms with Gasteiger partial charge in [0, 0.05) is 11.5 Å². The first-order chi connectivity index (χ1) is 11.5. The number of carbonyl (C=O) groups excluding carboxylic acids is 2. The average Bonchev–Trinajstić information content (AvgIpc) is 3.30. The Morgan fingerprint density at radius 1 is 1.17 bits per heavy atom. The molecule has 0 spiro atoms.